The molecule has 2 aromatic carbocycles. The van der Waals surface area contributed by atoms with Crippen LogP contribution >= 0.6 is 0 Å². The highest BCUT2D eigenvalue weighted by molar-refractivity contribution is 5.96. The first-order valence-corrected chi connectivity index (χ1v) is 7.10. The van der Waals surface area contributed by atoms with E-state index in [0.29, 0.717) is 0 Å². The summed E-state index contributed by atoms with van der Waals surface area (Å²) in [6.07, 6.45) is 6.44. The van der Waals surface area contributed by atoms with Gasteiger partial charge in [-0.15, -0.1) is 6.58 Å². The lowest BCUT2D eigenvalue weighted by Gasteiger charge is -2.16. The van der Waals surface area contributed by atoms with Crippen LogP contribution in [0, 0.1) is 0 Å². The van der Waals surface area contributed by atoms with Crippen molar-refractivity contribution in [1.29, 1.82) is 0 Å². The van der Waals surface area contributed by atoms with Gasteiger partial charge in [-0.05, 0) is 22.9 Å². The van der Waals surface area contributed by atoms with Crippen molar-refractivity contribution < 1.29 is 0 Å². The van der Waals surface area contributed by atoms with Crippen LogP contribution in [-0.4, -0.2) is 4.98 Å². The van der Waals surface area contributed by atoms with E-state index in [1.54, 1.807) is 0 Å². The quantitative estimate of drug-likeness (QED) is 0.712. The lowest BCUT2D eigenvalue weighted by molar-refractivity contribution is 0.744. The van der Waals surface area contributed by atoms with Gasteiger partial charge in [0, 0.05) is 29.4 Å². The summed E-state index contributed by atoms with van der Waals surface area (Å²) in [6, 6.07) is 16.5. The van der Waals surface area contributed by atoms with Crippen molar-refractivity contribution in [2.24, 2.45) is 5.73 Å². The number of nitrogens with zero attached hydrogens (tertiary/aromatic N) is 1. The fourth-order valence-electron chi connectivity index (χ4n) is 2.70. The number of aromatic nitrogens is 1. The molecule has 1 atom stereocenters. The number of benzene rings is 2. The summed E-state index contributed by atoms with van der Waals surface area (Å²) < 4.78 is 0. The zero-order chi connectivity index (χ0) is 14.7. The fraction of sp³-hybridized carbons (Fsp3) is 0.105. The van der Waals surface area contributed by atoms with Gasteiger partial charge in [-0.25, -0.2) is 0 Å². The normalized spacial score (nSPS) is 12.2. The van der Waals surface area contributed by atoms with Crippen LogP contribution in [0.3, 0.4) is 0 Å². The van der Waals surface area contributed by atoms with Crippen LogP contribution in [0.25, 0.3) is 21.9 Å². The van der Waals surface area contributed by atoms with Gasteiger partial charge < -0.3 is 5.73 Å². The maximum atomic E-state index is 6.30. The van der Waals surface area contributed by atoms with E-state index in [1.807, 2.05) is 36.7 Å². The summed E-state index contributed by atoms with van der Waals surface area (Å²) in [5, 5.41) is 2.34. The van der Waals surface area contributed by atoms with E-state index in [4.69, 9.17) is 5.73 Å². The van der Waals surface area contributed by atoms with E-state index in [9.17, 15) is 0 Å². The molecule has 0 fully saturated rings. The molecule has 0 spiro atoms. The molecule has 0 aliphatic carbocycles. The molecule has 0 bridgehead atoms. The van der Waals surface area contributed by atoms with Gasteiger partial charge in [0.1, 0.15) is 0 Å². The predicted molar refractivity (Wildman–Crippen MR) is 88.9 cm³/mol. The van der Waals surface area contributed by atoms with Crippen LogP contribution in [-0.2, 0) is 0 Å². The third kappa shape index (κ3) is 2.58. The maximum Gasteiger partial charge on any atom is 0.0352 e. The molecule has 3 aromatic rings. The van der Waals surface area contributed by atoms with E-state index >= 15 is 0 Å². The van der Waals surface area contributed by atoms with Gasteiger partial charge in [0.15, 0.2) is 0 Å². The van der Waals surface area contributed by atoms with Crippen molar-refractivity contribution in [1.82, 2.24) is 4.98 Å². The van der Waals surface area contributed by atoms with E-state index in [2.05, 4.69) is 41.9 Å². The number of rotatable bonds is 4. The topological polar surface area (TPSA) is 38.9 Å². The van der Waals surface area contributed by atoms with Crippen LogP contribution < -0.4 is 5.73 Å². The molecule has 0 saturated carbocycles. The molecule has 1 aromatic heterocycles. The Morgan fingerprint density at radius 2 is 1.76 bits per heavy atom. The molecule has 3 rings (SSSR count). The van der Waals surface area contributed by atoms with E-state index in [0.717, 1.165) is 28.5 Å². The second-order valence-electron chi connectivity index (χ2n) is 5.13. The minimum absolute atomic E-state index is 0.0438. The molecular formula is C19H18N2. The Kier molecular flexibility index (Phi) is 3.80. The van der Waals surface area contributed by atoms with Gasteiger partial charge in [0.05, 0.1) is 0 Å². The minimum atomic E-state index is -0.0438. The molecule has 2 N–H and O–H groups in total. The average molecular weight is 274 g/mol. The molecule has 1 heterocycles. The lowest BCUT2D eigenvalue weighted by Crippen LogP contribution is -2.10. The monoisotopic (exact) mass is 274 g/mol. The van der Waals surface area contributed by atoms with Crippen molar-refractivity contribution >= 4 is 10.8 Å². The summed E-state index contributed by atoms with van der Waals surface area (Å²) in [5.41, 5.74) is 9.71. The second-order valence-corrected chi connectivity index (χ2v) is 5.13. The predicted octanol–water partition coefficient (Wildman–Crippen LogP) is 4.48. The van der Waals surface area contributed by atoms with Gasteiger partial charge in [-0.1, -0.05) is 54.6 Å². The Morgan fingerprint density at radius 3 is 2.62 bits per heavy atom. The lowest BCUT2D eigenvalue weighted by atomic mass is 9.92. The molecular weight excluding hydrogens is 256 g/mol. The van der Waals surface area contributed by atoms with E-state index in [-0.39, 0.29) is 6.04 Å². The first-order valence-electron chi connectivity index (χ1n) is 7.10. The fourth-order valence-corrected chi connectivity index (χ4v) is 2.70. The number of hydrogen-bond donors (Lipinski definition) is 1. The number of hydrogen-bond acceptors (Lipinski definition) is 2. The van der Waals surface area contributed by atoms with Crippen molar-refractivity contribution in [2.45, 2.75) is 12.5 Å². The molecule has 0 saturated heterocycles. The first kappa shape index (κ1) is 13.5. The molecule has 2 nitrogen and oxygen atoms in total. The van der Waals surface area contributed by atoms with Crippen LogP contribution in [0.1, 0.15) is 18.0 Å². The smallest absolute Gasteiger partial charge is 0.0352 e. The Balaban J connectivity index is 2.22. The van der Waals surface area contributed by atoms with E-state index < -0.39 is 0 Å². The molecule has 2 heteroatoms. The van der Waals surface area contributed by atoms with Crippen LogP contribution in [0.4, 0.5) is 0 Å². The summed E-state index contributed by atoms with van der Waals surface area (Å²) in [6.45, 7) is 3.79. The Hall–Kier alpha value is -2.45. The minimum Gasteiger partial charge on any atom is -0.324 e. The summed E-state index contributed by atoms with van der Waals surface area (Å²) in [5.74, 6) is 0. The van der Waals surface area contributed by atoms with Gasteiger partial charge in [0.2, 0.25) is 0 Å². The van der Waals surface area contributed by atoms with Gasteiger partial charge in [-0.2, -0.15) is 0 Å². The summed E-state index contributed by atoms with van der Waals surface area (Å²) in [4.78, 5) is 4.37. The van der Waals surface area contributed by atoms with E-state index in [1.165, 1.54) is 5.39 Å². The van der Waals surface area contributed by atoms with Crippen LogP contribution in [0.5, 0.6) is 0 Å². The summed E-state index contributed by atoms with van der Waals surface area (Å²) >= 11 is 0. The molecule has 0 aliphatic rings. The Morgan fingerprint density at radius 1 is 1.00 bits per heavy atom. The SMILES string of the molecule is C=CCC(N)c1ccccc1-c1cncc2ccccc12. The summed E-state index contributed by atoms with van der Waals surface area (Å²) in [7, 11) is 0. The standard InChI is InChI=1S/C19H18N2/c1-2-7-19(20)17-11-6-5-10-16(17)18-13-21-12-14-8-3-4-9-15(14)18/h2-6,8-13,19H,1,7,20H2. The third-order valence-corrected chi connectivity index (χ3v) is 3.74. The molecule has 1 unspecified atom stereocenters. The van der Waals surface area contributed by atoms with Crippen molar-refractivity contribution in [2.75, 3.05) is 0 Å². The maximum absolute atomic E-state index is 6.30. The highest BCUT2D eigenvalue weighted by atomic mass is 14.6. The molecule has 21 heavy (non-hydrogen) atoms. The first-order chi connectivity index (χ1) is 10.3. The largest absolute Gasteiger partial charge is 0.324 e. The highest BCUT2D eigenvalue weighted by Crippen LogP contribution is 2.33. The van der Waals surface area contributed by atoms with Gasteiger partial charge in [0.25, 0.3) is 0 Å². The second kappa shape index (κ2) is 5.90. The third-order valence-electron chi connectivity index (χ3n) is 3.74. The van der Waals surface area contributed by atoms with Crippen molar-refractivity contribution in [3.8, 4) is 11.1 Å². The molecule has 104 valence electrons. The van der Waals surface area contributed by atoms with Crippen molar-refractivity contribution in [3.63, 3.8) is 0 Å². The van der Waals surface area contributed by atoms with Crippen LogP contribution in [0.15, 0.2) is 73.6 Å². The number of pyridine rings is 1. The molecule has 0 radical (unpaired) electrons. The zero-order valence-electron chi connectivity index (χ0n) is 11.9. The van der Waals surface area contributed by atoms with Gasteiger partial charge >= 0.3 is 0 Å². The number of nitrogens with two attached hydrogens (primary N) is 1. The number of fused-ring (bicyclic) bond motifs is 1. The zero-order valence-corrected chi connectivity index (χ0v) is 11.9. The van der Waals surface area contributed by atoms with Crippen molar-refractivity contribution in [3.05, 3.63) is 79.1 Å². The molecule has 0 aliphatic heterocycles. The Labute approximate surface area is 124 Å². The Bertz CT molecular complexity index is 772. The molecule has 0 amide bonds. The van der Waals surface area contributed by atoms with Crippen LogP contribution in [0.2, 0.25) is 0 Å². The van der Waals surface area contributed by atoms with Gasteiger partial charge in [-0.3, -0.25) is 4.98 Å². The highest BCUT2D eigenvalue weighted by Gasteiger charge is 2.13. The average Bonchev–Trinajstić information content (AvgIpc) is 2.54.